The summed E-state index contributed by atoms with van der Waals surface area (Å²) >= 11 is 6.29. The number of benzene rings is 2. The van der Waals surface area contributed by atoms with Gasteiger partial charge in [-0.2, -0.15) is 5.10 Å². The fourth-order valence-electron chi connectivity index (χ4n) is 5.37. The quantitative estimate of drug-likeness (QED) is 0.353. The molecule has 0 atom stereocenters. The number of para-hydroxylation sites is 1. The van der Waals surface area contributed by atoms with Crippen LogP contribution in [0.25, 0.3) is 22.0 Å². The van der Waals surface area contributed by atoms with E-state index in [4.69, 9.17) is 16.3 Å². The number of hydrogen-bond donors (Lipinski definition) is 1. The van der Waals surface area contributed by atoms with Crippen LogP contribution in [0.3, 0.4) is 0 Å². The first-order valence-electron chi connectivity index (χ1n) is 12.1. The van der Waals surface area contributed by atoms with Gasteiger partial charge in [-0.3, -0.25) is 9.48 Å². The van der Waals surface area contributed by atoms with Crippen molar-refractivity contribution in [3.05, 3.63) is 69.1 Å². The van der Waals surface area contributed by atoms with Crippen LogP contribution in [0, 0.1) is 27.7 Å². The molecule has 2 aromatic carbocycles. The van der Waals surface area contributed by atoms with Crippen LogP contribution in [0.2, 0.25) is 5.02 Å². The van der Waals surface area contributed by atoms with Crippen molar-refractivity contribution in [2.75, 3.05) is 13.2 Å². The Morgan fingerprint density at radius 3 is 2.57 bits per heavy atom. The van der Waals surface area contributed by atoms with Crippen molar-refractivity contribution < 1.29 is 9.53 Å². The third-order valence-corrected chi connectivity index (χ3v) is 7.65. The van der Waals surface area contributed by atoms with Gasteiger partial charge in [-0.15, -0.1) is 0 Å². The van der Waals surface area contributed by atoms with Crippen LogP contribution in [0.4, 0.5) is 0 Å². The average Bonchev–Trinajstić information content (AvgIpc) is 3.28. The van der Waals surface area contributed by atoms with Gasteiger partial charge in [0.15, 0.2) is 0 Å². The fraction of sp³-hybridized carbons (Fsp3) is 0.357. The molecule has 6 nitrogen and oxygen atoms in total. The summed E-state index contributed by atoms with van der Waals surface area (Å²) in [6.45, 7) is 10.1. The van der Waals surface area contributed by atoms with Crippen molar-refractivity contribution in [1.29, 1.82) is 0 Å². The summed E-state index contributed by atoms with van der Waals surface area (Å²) in [5.74, 6) is 0.827. The molecular formula is C28H31ClN4O2. The second-order valence-electron chi connectivity index (χ2n) is 9.43. The number of nitrogens with zero attached hydrogens (tertiary/aromatic N) is 3. The summed E-state index contributed by atoms with van der Waals surface area (Å²) in [5, 5.41) is 9.59. The van der Waals surface area contributed by atoms with Crippen molar-refractivity contribution in [1.82, 2.24) is 19.7 Å². The van der Waals surface area contributed by atoms with E-state index in [1.54, 1.807) is 0 Å². The lowest BCUT2D eigenvalue weighted by Gasteiger charge is -2.19. The lowest BCUT2D eigenvalue weighted by atomic mass is 9.98. The second kappa shape index (κ2) is 9.08. The molecule has 0 saturated heterocycles. The third-order valence-electron chi connectivity index (χ3n) is 7.05. The topological polar surface area (TPSA) is 61.1 Å². The molecule has 35 heavy (non-hydrogen) atoms. The Morgan fingerprint density at radius 1 is 1.14 bits per heavy atom. The standard InChI is InChI=1S/C28H31ClN4O2/c1-16-14-20(15-17(2)25(16)29)35-13-7-10-22-21-8-6-9-23(24-18(3)31-32(5)19(24)4)26(21)33-12-11-30-28(34)27(22)33/h6,8-9,14-15H,7,10-13H2,1-5H3,(H,30,34). The Morgan fingerprint density at radius 2 is 1.89 bits per heavy atom. The molecule has 7 heteroatoms. The summed E-state index contributed by atoms with van der Waals surface area (Å²) in [4.78, 5) is 13.0. The molecule has 5 rings (SSSR count). The van der Waals surface area contributed by atoms with Gasteiger partial charge in [-0.25, -0.2) is 0 Å². The number of amides is 1. The minimum atomic E-state index is -0.00194. The Bertz CT molecular complexity index is 1440. The molecule has 2 aromatic heterocycles. The number of halogens is 1. The fourth-order valence-corrected chi connectivity index (χ4v) is 5.48. The highest BCUT2D eigenvalue weighted by molar-refractivity contribution is 6.32. The molecule has 1 aliphatic heterocycles. The van der Waals surface area contributed by atoms with Crippen LogP contribution in [0.1, 0.15) is 45.0 Å². The van der Waals surface area contributed by atoms with E-state index >= 15 is 0 Å². The SMILES string of the molecule is Cc1cc(OCCCc2c3n(c4c(-c5c(C)nn(C)c5C)cccc24)CCNC3=O)cc(C)c1Cl. The minimum absolute atomic E-state index is 0.00194. The van der Waals surface area contributed by atoms with Crippen LogP contribution in [0.5, 0.6) is 5.75 Å². The number of fused-ring (bicyclic) bond motifs is 3. The maximum absolute atomic E-state index is 13.0. The maximum atomic E-state index is 13.0. The zero-order chi connectivity index (χ0) is 24.9. The summed E-state index contributed by atoms with van der Waals surface area (Å²) < 4.78 is 10.2. The molecule has 182 valence electrons. The van der Waals surface area contributed by atoms with E-state index in [-0.39, 0.29) is 5.91 Å². The molecule has 1 N–H and O–H groups in total. The van der Waals surface area contributed by atoms with Crippen LogP contribution < -0.4 is 10.1 Å². The number of carbonyl (C=O) groups is 1. The summed E-state index contributed by atoms with van der Waals surface area (Å²) in [7, 11) is 1.97. The Balaban J connectivity index is 1.50. The predicted octanol–water partition coefficient (Wildman–Crippen LogP) is 5.68. The van der Waals surface area contributed by atoms with Gasteiger partial charge in [0.05, 0.1) is 17.8 Å². The van der Waals surface area contributed by atoms with E-state index in [1.807, 2.05) is 44.6 Å². The van der Waals surface area contributed by atoms with Gasteiger partial charge in [0.25, 0.3) is 5.91 Å². The zero-order valence-electron chi connectivity index (χ0n) is 21.0. The second-order valence-corrected chi connectivity index (χ2v) is 9.81. The van der Waals surface area contributed by atoms with E-state index < -0.39 is 0 Å². The summed E-state index contributed by atoms with van der Waals surface area (Å²) in [6.07, 6.45) is 1.56. The molecule has 0 spiro atoms. The lowest BCUT2D eigenvalue weighted by molar-refractivity contribution is 0.0927. The molecule has 0 fully saturated rings. The smallest absolute Gasteiger partial charge is 0.268 e. The molecule has 0 radical (unpaired) electrons. The Kier molecular flexibility index (Phi) is 6.09. The van der Waals surface area contributed by atoms with Crippen molar-refractivity contribution in [2.24, 2.45) is 7.05 Å². The van der Waals surface area contributed by atoms with Crippen LogP contribution in [-0.2, 0) is 20.0 Å². The highest BCUT2D eigenvalue weighted by atomic mass is 35.5. The van der Waals surface area contributed by atoms with Crippen molar-refractivity contribution >= 4 is 28.4 Å². The Hall–Kier alpha value is -3.25. The number of nitrogens with one attached hydrogen (secondary N) is 1. The Labute approximate surface area is 210 Å². The van der Waals surface area contributed by atoms with Gasteiger partial charge in [-0.1, -0.05) is 29.8 Å². The van der Waals surface area contributed by atoms with E-state index in [0.717, 1.165) is 86.0 Å². The number of hydrogen-bond acceptors (Lipinski definition) is 3. The van der Waals surface area contributed by atoms with E-state index in [1.165, 1.54) is 0 Å². The summed E-state index contributed by atoms with van der Waals surface area (Å²) in [5.41, 5.74) is 9.41. The number of rotatable bonds is 6. The summed E-state index contributed by atoms with van der Waals surface area (Å²) in [6, 6.07) is 10.3. The van der Waals surface area contributed by atoms with Crippen molar-refractivity contribution in [3.63, 3.8) is 0 Å². The molecular weight excluding hydrogens is 460 g/mol. The van der Waals surface area contributed by atoms with Crippen LogP contribution in [-0.4, -0.2) is 33.4 Å². The lowest BCUT2D eigenvalue weighted by Crippen LogP contribution is -2.35. The molecule has 0 bridgehead atoms. The highest BCUT2D eigenvalue weighted by Crippen LogP contribution is 2.38. The van der Waals surface area contributed by atoms with Gasteiger partial charge < -0.3 is 14.6 Å². The zero-order valence-corrected chi connectivity index (χ0v) is 21.7. The van der Waals surface area contributed by atoms with Gasteiger partial charge in [0, 0.05) is 47.4 Å². The van der Waals surface area contributed by atoms with Gasteiger partial charge in [0.1, 0.15) is 11.4 Å². The first kappa shape index (κ1) is 23.5. The monoisotopic (exact) mass is 490 g/mol. The van der Waals surface area contributed by atoms with Crippen LogP contribution in [0.15, 0.2) is 30.3 Å². The minimum Gasteiger partial charge on any atom is -0.494 e. The van der Waals surface area contributed by atoms with E-state index in [2.05, 4.69) is 40.1 Å². The van der Waals surface area contributed by atoms with Gasteiger partial charge in [-0.05, 0) is 69.4 Å². The number of ether oxygens (including phenoxy) is 1. The normalized spacial score (nSPS) is 13.3. The third kappa shape index (κ3) is 4.00. The average molecular weight is 491 g/mol. The van der Waals surface area contributed by atoms with Gasteiger partial charge in [0.2, 0.25) is 0 Å². The molecule has 0 saturated carbocycles. The molecule has 4 aromatic rings. The van der Waals surface area contributed by atoms with Crippen LogP contribution >= 0.6 is 11.6 Å². The molecule has 3 heterocycles. The molecule has 1 aliphatic rings. The molecule has 1 amide bonds. The van der Waals surface area contributed by atoms with Gasteiger partial charge >= 0.3 is 0 Å². The van der Waals surface area contributed by atoms with Crippen molar-refractivity contribution in [2.45, 2.75) is 47.1 Å². The molecule has 0 aliphatic carbocycles. The maximum Gasteiger partial charge on any atom is 0.268 e. The first-order valence-corrected chi connectivity index (χ1v) is 12.5. The first-order chi connectivity index (χ1) is 16.8. The largest absolute Gasteiger partial charge is 0.494 e. The number of aryl methyl sites for hydroxylation is 5. The molecule has 0 unspecified atom stereocenters. The van der Waals surface area contributed by atoms with Crippen molar-refractivity contribution in [3.8, 4) is 16.9 Å². The number of aromatic nitrogens is 3. The highest BCUT2D eigenvalue weighted by Gasteiger charge is 2.28. The van der Waals surface area contributed by atoms with E-state index in [9.17, 15) is 4.79 Å². The number of carbonyl (C=O) groups excluding carboxylic acids is 1. The predicted molar refractivity (Wildman–Crippen MR) is 141 cm³/mol. The van der Waals surface area contributed by atoms with E-state index in [0.29, 0.717) is 13.2 Å².